The molecule has 7 nitrogen and oxygen atoms in total. The van der Waals surface area contributed by atoms with Gasteiger partial charge in [-0.05, 0) is 34.6 Å². The molecule has 1 unspecified atom stereocenters. The summed E-state index contributed by atoms with van der Waals surface area (Å²) < 4.78 is 1.93. The van der Waals surface area contributed by atoms with Crippen LogP contribution in [0.15, 0.2) is 11.5 Å². The van der Waals surface area contributed by atoms with Crippen molar-refractivity contribution in [2.24, 2.45) is 0 Å². The average molecular weight is 372 g/mol. The largest absolute Gasteiger partial charge is 0.350 e. The fourth-order valence-corrected chi connectivity index (χ4v) is 4.37. The minimum Gasteiger partial charge on any atom is -0.350 e. The Kier molecular flexibility index (Phi) is 6.19. The zero-order valence-electron chi connectivity index (χ0n) is 14.8. The number of aromatic nitrogens is 3. The lowest BCUT2D eigenvalue weighted by molar-refractivity contribution is -0.136. The molecule has 134 valence electrons. The summed E-state index contributed by atoms with van der Waals surface area (Å²) in [6.45, 7) is 9.90. The maximum Gasteiger partial charge on any atom is 0.244 e. The Hall–Kier alpha value is -1.22. The first-order chi connectivity index (χ1) is 11.2. The molecule has 1 aromatic rings. The van der Waals surface area contributed by atoms with E-state index in [9.17, 15) is 9.59 Å². The molecule has 0 saturated carbocycles. The van der Waals surface area contributed by atoms with Crippen LogP contribution in [0, 0.1) is 0 Å². The first-order valence-corrected chi connectivity index (χ1v) is 10.0. The van der Waals surface area contributed by atoms with Crippen LogP contribution in [-0.2, 0) is 9.59 Å². The van der Waals surface area contributed by atoms with Crippen LogP contribution in [0.2, 0.25) is 0 Å². The fraction of sp³-hybridized carbons (Fsp3) is 0.733. The summed E-state index contributed by atoms with van der Waals surface area (Å²) in [6.07, 6.45) is 1.67. The molecule has 0 radical (unpaired) electrons. The first kappa shape index (κ1) is 19.1. The highest BCUT2D eigenvalue weighted by atomic mass is 32.2. The molecule has 2 amide bonds. The molecule has 0 aliphatic carbocycles. The van der Waals surface area contributed by atoms with Crippen LogP contribution in [0.5, 0.6) is 0 Å². The molecule has 0 aromatic carbocycles. The topological polar surface area (TPSA) is 80.1 Å². The smallest absolute Gasteiger partial charge is 0.244 e. The Bertz CT molecular complexity index is 597. The van der Waals surface area contributed by atoms with Gasteiger partial charge in [-0.2, -0.15) is 0 Å². The lowest BCUT2D eigenvalue weighted by Gasteiger charge is -2.27. The molecule has 0 spiro atoms. The normalized spacial score (nSPS) is 18.2. The van der Waals surface area contributed by atoms with Crippen molar-refractivity contribution in [3.8, 4) is 0 Å². The SMILES string of the molecule is CC(C)n1cnnc1SCC(=O)N1CSCC1C(=O)NC(C)(C)C. The quantitative estimate of drug-likeness (QED) is 0.795. The Labute approximate surface area is 151 Å². The molecule has 2 heterocycles. The molecule has 1 N–H and O–H groups in total. The molecule has 1 fully saturated rings. The van der Waals surface area contributed by atoms with E-state index in [1.54, 1.807) is 23.0 Å². The van der Waals surface area contributed by atoms with Gasteiger partial charge in [-0.15, -0.1) is 22.0 Å². The van der Waals surface area contributed by atoms with Crippen LogP contribution >= 0.6 is 23.5 Å². The number of nitrogens with one attached hydrogen (secondary N) is 1. The summed E-state index contributed by atoms with van der Waals surface area (Å²) in [5, 5.41) is 11.6. The van der Waals surface area contributed by atoms with Crippen molar-refractivity contribution in [1.29, 1.82) is 0 Å². The number of thioether (sulfide) groups is 2. The van der Waals surface area contributed by atoms with Crippen LogP contribution < -0.4 is 5.32 Å². The van der Waals surface area contributed by atoms with Crippen molar-refractivity contribution in [1.82, 2.24) is 25.0 Å². The minimum absolute atomic E-state index is 0.0441. The number of hydrogen-bond donors (Lipinski definition) is 1. The van der Waals surface area contributed by atoms with Gasteiger partial charge in [0.15, 0.2) is 5.16 Å². The van der Waals surface area contributed by atoms with Crippen molar-refractivity contribution in [2.45, 2.75) is 57.4 Å². The van der Waals surface area contributed by atoms with Crippen LogP contribution in [0.1, 0.15) is 40.7 Å². The van der Waals surface area contributed by atoms with Crippen LogP contribution in [0.3, 0.4) is 0 Å². The number of nitrogens with zero attached hydrogens (tertiary/aromatic N) is 4. The van der Waals surface area contributed by atoms with Gasteiger partial charge >= 0.3 is 0 Å². The monoisotopic (exact) mass is 371 g/mol. The van der Waals surface area contributed by atoms with Gasteiger partial charge in [-0.3, -0.25) is 9.59 Å². The Morgan fingerprint density at radius 3 is 2.79 bits per heavy atom. The lowest BCUT2D eigenvalue weighted by atomic mass is 10.1. The molecular weight excluding hydrogens is 346 g/mol. The van der Waals surface area contributed by atoms with E-state index < -0.39 is 6.04 Å². The molecule has 9 heteroatoms. The number of carbonyl (C=O) groups is 2. The van der Waals surface area contributed by atoms with Crippen LogP contribution in [-0.4, -0.2) is 60.4 Å². The van der Waals surface area contributed by atoms with E-state index in [0.717, 1.165) is 5.16 Å². The Morgan fingerprint density at radius 2 is 2.17 bits per heavy atom. The van der Waals surface area contributed by atoms with Gasteiger partial charge < -0.3 is 14.8 Å². The third-order valence-electron chi connectivity index (χ3n) is 3.42. The van der Waals surface area contributed by atoms with Crippen molar-refractivity contribution in [3.05, 3.63) is 6.33 Å². The molecule has 1 aliphatic rings. The second-order valence-corrected chi connectivity index (χ2v) is 8.96. The number of hydrogen-bond acceptors (Lipinski definition) is 6. The van der Waals surface area contributed by atoms with Gasteiger partial charge in [0, 0.05) is 17.3 Å². The predicted molar refractivity (Wildman–Crippen MR) is 97.0 cm³/mol. The third kappa shape index (κ3) is 4.89. The van der Waals surface area contributed by atoms with Crippen molar-refractivity contribution in [2.75, 3.05) is 17.4 Å². The number of rotatable bonds is 5. The van der Waals surface area contributed by atoms with Crippen molar-refractivity contribution in [3.63, 3.8) is 0 Å². The van der Waals surface area contributed by atoms with Crippen molar-refractivity contribution < 1.29 is 9.59 Å². The van der Waals surface area contributed by atoms with Gasteiger partial charge in [0.25, 0.3) is 0 Å². The minimum atomic E-state index is -0.398. The zero-order chi connectivity index (χ0) is 17.9. The average Bonchev–Trinajstić information content (AvgIpc) is 3.11. The van der Waals surface area contributed by atoms with E-state index >= 15 is 0 Å². The molecule has 2 rings (SSSR count). The maximum absolute atomic E-state index is 12.6. The van der Waals surface area contributed by atoms with Crippen LogP contribution in [0.4, 0.5) is 0 Å². The van der Waals surface area contributed by atoms with Gasteiger partial charge in [0.05, 0.1) is 11.6 Å². The zero-order valence-corrected chi connectivity index (χ0v) is 16.4. The number of amides is 2. The lowest BCUT2D eigenvalue weighted by Crippen LogP contribution is -2.52. The molecular formula is C15H25N5O2S2. The molecule has 1 aromatic heterocycles. The maximum atomic E-state index is 12.6. The first-order valence-electron chi connectivity index (χ1n) is 7.90. The second-order valence-electron chi connectivity index (χ2n) is 7.02. The summed E-state index contributed by atoms with van der Waals surface area (Å²) in [5.41, 5.74) is -0.304. The van der Waals surface area contributed by atoms with E-state index in [0.29, 0.717) is 11.6 Å². The summed E-state index contributed by atoms with van der Waals surface area (Å²) in [7, 11) is 0. The molecule has 1 aliphatic heterocycles. The van der Waals surface area contributed by atoms with E-state index in [-0.39, 0.29) is 29.1 Å². The predicted octanol–water partition coefficient (Wildman–Crippen LogP) is 1.77. The second kappa shape index (κ2) is 7.77. The van der Waals surface area contributed by atoms with Crippen molar-refractivity contribution >= 4 is 35.3 Å². The summed E-state index contributed by atoms with van der Waals surface area (Å²) in [6, 6.07) is -0.157. The van der Waals surface area contributed by atoms with E-state index in [1.165, 1.54) is 11.8 Å². The van der Waals surface area contributed by atoms with E-state index in [1.807, 2.05) is 39.2 Å². The highest BCUT2D eigenvalue weighted by molar-refractivity contribution is 8.00. The Balaban J connectivity index is 1.96. The molecule has 0 bridgehead atoms. The summed E-state index contributed by atoms with van der Waals surface area (Å²) in [4.78, 5) is 26.6. The van der Waals surface area contributed by atoms with Gasteiger partial charge in [-0.1, -0.05) is 11.8 Å². The third-order valence-corrected chi connectivity index (χ3v) is 5.38. The van der Waals surface area contributed by atoms with Gasteiger partial charge in [0.1, 0.15) is 12.4 Å². The number of carbonyl (C=O) groups excluding carboxylic acids is 2. The summed E-state index contributed by atoms with van der Waals surface area (Å²) in [5.74, 6) is 1.32. The van der Waals surface area contributed by atoms with Crippen LogP contribution in [0.25, 0.3) is 0 Å². The van der Waals surface area contributed by atoms with E-state index in [4.69, 9.17) is 0 Å². The highest BCUT2D eigenvalue weighted by Gasteiger charge is 2.35. The molecule has 24 heavy (non-hydrogen) atoms. The molecule has 1 saturated heterocycles. The van der Waals surface area contributed by atoms with E-state index in [2.05, 4.69) is 15.5 Å². The Morgan fingerprint density at radius 1 is 1.46 bits per heavy atom. The fourth-order valence-electron chi connectivity index (χ4n) is 2.26. The summed E-state index contributed by atoms with van der Waals surface area (Å²) >= 11 is 2.97. The standard InChI is InChI=1S/C15H25N5O2S2/c1-10(2)19-8-16-18-14(19)24-7-12(21)20-9-23-6-11(20)13(22)17-15(3,4)5/h8,10-11H,6-7,9H2,1-5H3,(H,17,22). The molecule has 1 atom stereocenters. The van der Waals surface area contributed by atoms with Gasteiger partial charge in [0.2, 0.25) is 11.8 Å². The highest BCUT2D eigenvalue weighted by Crippen LogP contribution is 2.25. The van der Waals surface area contributed by atoms with Gasteiger partial charge in [-0.25, -0.2) is 0 Å².